The molecule has 1 heteroatoms. The molecule has 1 aliphatic rings. The summed E-state index contributed by atoms with van der Waals surface area (Å²) in [4.78, 5) is 0. The van der Waals surface area contributed by atoms with Crippen molar-refractivity contribution < 1.29 is 0 Å². The standard InChI is InChI=1S/C11H23N/c1-4-11-6-5-7-12-8-9(2)10(11)3/h9-12H,4-8H2,1-3H3. The molecule has 0 bridgehead atoms. The van der Waals surface area contributed by atoms with Crippen molar-refractivity contribution in [2.75, 3.05) is 13.1 Å². The van der Waals surface area contributed by atoms with Crippen molar-refractivity contribution in [3.63, 3.8) is 0 Å². The second kappa shape index (κ2) is 4.86. The van der Waals surface area contributed by atoms with Crippen LogP contribution in [-0.2, 0) is 0 Å². The van der Waals surface area contributed by atoms with Gasteiger partial charge in [-0.25, -0.2) is 0 Å². The molecular formula is C11H23N. The number of hydrogen-bond acceptors (Lipinski definition) is 1. The molecule has 3 atom stereocenters. The zero-order valence-corrected chi connectivity index (χ0v) is 8.77. The Labute approximate surface area is 76.9 Å². The van der Waals surface area contributed by atoms with Gasteiger partial charge in [0.1, 0.15) is 0 Å². The van der Waals surface area contributed by atoms with Gasteiger partial charge >= 0.3 is 0 Å². The van der Waals surface area contributed by atoms with Gasteiger partial charge in [-0.1, -0.05) is 27.2 Å². The first kappa shape index (κ1) is 10.0. The highest BCUT2D eigenvalue weighted by Gasteiger charge is 2.22. The van der Waals surface area contributed by atoms with Gasteiger partial charge in [0.2, 0.25) is 0 Å². The van der Waals surface area contributed by atoms with Gasteiger partial charge in [0.25, 0.3) is 0 Å². The summed E-state index contributed by atoms with van der Waals surface area (Å²) in [5, 5.41) is 3.51. The molecule has 3 unspecified atom stereocenters. The van der Waals surface area contributed by atoms with Crippen LogP contribution in [0.3, 0.4) is 0 Å². The topological polar surface area (TPSA) is 12.0 Å². The van der Waals surface area contributed by atoms with Gasteiger partial charge in [-0.15, -0.1) is 0 Å². The van der Waals surface area contributed by atoms with E-state index in [2.05, 4.69) is 26.1 Å². The van der Waals surface area contributed by atoms with E-state index in [4.69, 9.17) is 0 Å². The van der Waals surface area contributed by atoms with E-state index in [1.165, 1.54) is 32.4 Å². The number of nitrogens with one attached hydrogen (secondary N) is 1. The van der Waals surface area contributed by atoms with Crippen molar-refractivity contribution in [2.24, 2.45) is 17.8 Å². The molecule has 0 aromatic rings. The molecule has 1 nitrogen and oxygen atoms in total. The Kier molecular flexibility index (Phi) is 4.07. The minimum absolute atomic E-state index is 0.857. The zero-order valence-electron chi connectivity index (χ0n) is 8.77. The molecule has 1 heterocycles. The smallest absolute Gasteiger partial charge is 0.00205 e. The van der Waals surface area contributed by atoms with Crippen LogP contribution < -0.4 is 5.32 Å². The maximum atomic E-state index is 3.51. The van der Waals surface area contributed by atoms with Gasteiger partial charge in [-0.2, -0.15) is 0 Å². The monoisotopic (exact) mass is 169 g/mol. The maximum absolute atomic E-state index is 3.51. The fourth-order valence-corrected chi connectivity index (χ4v) is 2.31. The predicted molar refractivity (Wildman–Crippen MR) is 54.2 cm³/mol. The Bertz CT molecular complexity index is 122. The van der Waals surface area contributed by atoms with Crippen molar-refractivity contribution in [3.05, 3.63) is 0 Å². The van der Waals surface area contributed by atoms with Crippen molar-refractivity contribution >= 4 is 0 Å². The van der Waals surface area contributed by atoms with Crippen LogP contribution in [0, 0.1) is 17.8 Å². The SMILES string of the molecule is CCC1CCCNCC(C)C1C. The molecule has 0 aliphatic carbocycles. The minimum atomic E-state index is 0.857. The fourth-order valence-electron chi connectivity index (χ4n) is 2.31. The lowest BCUT2D eigenvalue weighted by Crippen LogP contribution is -2.32. The Morgan fingerprint density at radius 1 is 1.33 bits per heavy atom. The lowest BCUT2D eigenvalue weighted by Gasteiger charge is -2.31. The second-order valence-corrected chi connectivity index (χ2v) is 4.35. The Morgan fingerprint density at radius 2 is 2.08 bits per heavy atom. The van der Waals surface area contributed by atoms with Gasteiger partial charge < -0.3 is 5.32 Å². The zero-order chi connectivity index (χ0) is 8.97. The molecule has 12 heavy (non-hydrogen) atoms. The van der Waals surface area contributed by atoms with E-state index in [0.29, 0.717) is 0 Å². The molecule has 0 spiro atoms. The maximum Gasteiger partial charge on any atom is -0.00205 e. The molecule has 0 aromatic heterocycles. The number of rotatable bonds is 1. The third kappa shape index (κ3) is 2.48. The minimum Gasteiger partial charge on any atom is -0.316 e. The van der Waals surface area contributed by atoms with Crippen LogP contribution in [0.4, 0.5) is 0 Å². The van der Waals surface area contributed by atoms with Gasteiger partial charge in [0.05, 0.1) is 0 Å². The molecule has 0 saturated carbocycles. The summed E-state index contributed by atoms with van der Waals surface area (Å²) in [6.07, 6.45) is 4.16. The first-order valence-corrected chi connectivity index (χ1v) is 5.46. The van der Waals surface area contributed by atoms with Crippen LogP contribution >= 0.6 is 0 Å². The summed E-state index contributed by atoms with van der Waals surface area (Å²) in [5.74, 6) is 2.74. The molecule has 1 rings (SSSR count). The fraction of sp³-hybridized carbons (Fsp3) is 1.00. The van der Waals surface area contributed by atoms with Crippen molar-refractivity contribution in [3.8, 4) is 0 Å². The summed E-state index contributed by atoms with van der Waals surface area (Å²) in [5.41, 5.74) is 0. The van der Waals surface area contributed by atoms with E-state index >= 15 is 0 Å². The Balaban J connectivity index is 2.47. The van der Waals surface area contributed by atoms with E-state index in [0.717, 1.165) is 17.8 Å². The average Bonchev–Trinajstić information content (AvgIpc) is 2.07. The van der Waals surface area contributed by atoms with Gasteiger partial charge in [0, 0.05) is 0 Å². The van der Waals surface area contributed by atoms with Crippen molar-refractivity contribution in [1.82, 2.24) is 5.32 Å². The molecule has 0 amide bonds. The largest absolute Gasteiger partial charge is 0.316 e. The van der Waals surface area contributed by atoms with E-state index in [1.54, 1.807) is 0 Å². The van der Waals surface area contributed by atoms with E-state index in [1.807, 2.05) is 0 Å². The van der Waals surface area contributed by atoms with E-state index in [9.17, 15) is 0 Å². The highest BCUT2D eigenvalue weighted by molar-refractivity contribution is 4.74. The molecule has 0 radical (unpaired) electrons. The van der Waals surface area contributed by atoms with Crippen molar-refractivity contribution in [1.29, 1.82) is 0 Å². The van der Waals surface area contributed by atoms with Crippen LogP contribution in [0.5, 0.6) is 0 Å². The first-order valence-electron chi connectivity index (χ1n) is 5.46. The van der Waals surface area contributed by atoms with E-state index < -0.39 is 0 Å². The van der Waals surface area contributed by atoms with Crippen molar-refractivity contribution in [2.45, 2.75) is 40.0 Å². The molecule has 1 fully saturated rings. The van der Waals surface area contributed by atoms with Crippen LogP contribution in [0.1, 0.15) is 40.0 Å². The summed E-state index contributed by atoms with van der Waals surface area (Å²) in [6.45, 7) is 9.59. The summed E-state index contributed by atoms with van der Waals surface area (Å²) < 4.78 is 0. The average molecular weight is 169 g/mol. The summed E-state index contributed by atoms with van der Waals surface area (Å²) >= 11 is 0. The summed E-state index contributed by atoms with van der Waals surface area (Å²) in [7, 11) is 0. The lowest BCUT2D eigenvalue weighted by atomic mass is 9.79. The van der Waals surface area contributed by atoms with Crippen LogP contribution in [0.2, 0.25) is 0 Å². The Hall–Kier alpha value is -0.0400. The quantitative estimate of drug-likeness (QED) is 0.636. The normalized spacial score (nSPS) is 38.8. The molecular weight excluding hydrogens is 146 g/mol. The predicted octanol–water partition coefficient (Wildman–Crippen LogP) is 2.67. The van der Waals surface area contributed by atoms with Crippen LogP contribution in [0.25, 0.3) is 0 Å². The van der Waals surface area contributed by atoms with Crippen LogP contribution in [0.15, 0.2) is 0 Å². The summed E-state index contributed by atoms with van der Waals surface area (Å²) in [6, 6.07) is 0. The number of hydrogen-bond donors (Lipinski definition) is 1. The lowest BCUT2D eigenvalue weighted by molar-refractivity contribution is 0.215. The highest BCUT2D eigenvalue weighted by Crippen LogP contribution is 2.28. The molecule has 0 aromatic carbocycles. The van der Waals surface area contributed by atoms with E-state index in [-0.39, 0.29) is 0 Å². The highest BCUT2D eigenvalue weighted by atomic mass is 14.9. The Morgan fingerprint density at radius 3 is 2.75 bits per heavy atom. The van der Waals surface area contributed by atoms with Gasteiger partial charge in [0.15, 0.2) is 0 Å². The third-order valence-corrected chi connectivity index (χ3v) is 3.56. The van der Waals surface area contributed by atoms with Crippen LogP contribution in [-0.4, -0.2) is 13.1 Å². The molecule has 1 N–H and O–H groups in total. The third-order valence-electron chi connectivity index (χ3n) is 3.56. The molecule has 1 aliphatic heterocycles. The first-order chi connectivity index (χ1) is 5.75. The van der Waals surface area contributed by atoms with Gasteiger partial charge in [-0.05, 0) is 43.7 Å². The second-order valence-electron chi connectivity index (χ2n) is 4.35. The molecule has 1 saturated heterocycles. The molecule has 72 valence electrons. The van der Waals surface area contributed by atoms with Gasteiger partial charge in [-0.3, -0.25) is 0 Å².